The minimum Gasteiger partial charge on any atom is -0.455 e. The van der Waals surface area contributed by atoms with Gasteiger partial charge >= 0.3 is 0 Å². The summed E-state index contributed by atoms with van der Waals surface area (Å²) in [6.45, 7) is 0. The first kappa shape index (κ1) is 80.9. The van der Waals surface area contributed by atoms with Crippen LogP contribution in [0.2, 0.25) is 0 Å². The fraction of sp³-hybridized carbons (Fsp3) is 0. The molecular formula is C130H71N9OS5. The van der Waals surface area contributed by atoms with Gasteiger partial charge in [-0.15, -0.1) is 56.7 Å². The maximum Gasteiger partial charge on any atom is 0.235 e. The summed E-state index contributed by atoms with van der Waals surface area (Å²) in [6, 6.07) is 154. The van der Waals surface area contributed by atoms with Crippen LogP contribution in [0, 0.1) is 0 Å². The van der Waals surface area contributed by atoms with Gasteiger partial charge in [-0.05, 0) is 158 Å². The molecular weight excluding hydrogens is 1860 g/mol. The summed E-state index contributed by atoms with van der Waals surface area (Å²) in [6.07, 6.45) is 0. The number of aromatic nitrogens is 9. The third-order valence-electron chi connectivity index (χ3n) is 29.8. The number of hydrogen-bond acceptors (Lipinski definition) is 12. The van der Waals surface area contributed by atoms with Crippen molar-refractivity contribution in [3.8, 4) is 51.6 Å². The lowest BCUT2D eigenvalue weighted by Crippen LogP contribution is -2.03. The molecule has 0 aliphatic heterocycles. The Balaban J connectivity index is 0.0000000972. The van der Waals surface area contributed by atoms with Crippen LogP contribution in [-0.2, 0) is 0 Å². The predicted octanol–water partition coefficient (Wildman–Crippen LogP) is 37.5. The van der Waals surface area contributed by atoms with Gasteiger partial charge in [0.1, 0.15) is 11.2 Å². The molecule has 672 valence electrons. The van der Waals surface area contributed by atoms with Gasteiger partial charge in [-0.25, -0.2) is 29.9 Å². The largest absolute Gasteiger partial charge is 0.455 e. The monoisotopic (exact) mass is 1930 g/mol. The molecule has 34 aromatic rings. The first-order valence-corrected chi connectivity index (χ1v) is 52.8. The minimum atomic E-state index is 0.640. The molecule has 12 aromatic heterocycles. The van der Waals surface area contributed by atoms with Crippen LogP contribution in [0.25, 0.3) is 316 Å². The van der Waals surface area contributed by atoms with Crippen LogP contribution in [0.1, 0.15) is 0 Å². The average molecular weight is 1940 g/mol. The van der Waals surface area contributed by atoms with E-state index in [1.165, 1.54) is 165 Å². The number of nitrogens with zero attached hydrogens (tertiary/aromatic N) is 9. The Kier molecular flexibility index (Phi) is 17.5. The van der Waals surface area contributed by atoms with Crippen molar-refractivity contribution in [3.63, 3.8) is 0 Å². The van der Waals surface area contributed by atoms with E-state index in [0.717, 1.165) is 132 Å². The summed E-state index contributed by atoms with van der Waals surface area (Å²) in [4.78, 5) is 32.4. The molecule has 0 bridgehead atoms. The molecule has 22 aromatic carbocycles. The Labute approximate surface area is 844 Å². The van der Waals surface area contributed by atoms with Crippen molar-refractivity contribution >= 4 is 321 Å². The van der Waals surface area contributed by atoms with Crippen molar-refractivity contribution < 1.29 is 4.42 Å². The molecule has 12 heterocycles. The van der Waals surface area contributed by atoms with E-state index in [1.54, 1.807) is 0 Å². The molecule has 10 nitrogen and oxygen atoms in total. The van der Waals surface area contributed by atoms with Gasteiger partial charge in [0.25, 0.3) is 0 Å². The molecule has 0 aliphatic rings. The third-order valence-corrected chi connectivity index (χ3v) is 35.6. The molecule has 0 spiro atoms. The standard InChI is InChI=1S/C46H25N3S2.C42H23N3OS.C42H23N3S2/c1-2-12-27-26(11-1)21-23-36-42(27)43-37(24-22-31-29-14-6-9-19-38(29)51-45(31)43)49(36)46-47-35-18-8-5-16-32(35)44(48-46)34-25-40-41(30-15-4-3-13-28(30)34)33-17-7-10-20-39(33)50-40;1-2-13-26-24(11-1)31(23-37-38(26)30-16-6-10-20-36(30)47-37)40-28-14-3-7-17-32(28)43-42(44-40)45-33-18-8-4-15-29(33)39-34(45)22-21-27-25-12-5-9-19-35(25)46-41(27)39;1-2-13-26-24(11-1)31(23-37-38(26)30-16-6-10-20-36(30)46-37)40-28-14-3-7-17-32(28)43-42(44-40)45-33-18-8-4-15-29(33)39-34(45)22-21-27-25-12-5-9-19-35(25)47-41(27)39/h1-25H;2*1-23H. The molecule has 0 radical (unpaired) electrons. The third kappa shape index (κ3) is 12.0. The highest BCUT2D eigenvalue weighted by Gasteiger charge is 2.30. The second kappa shape index (κ2) is 31.3. The van der Waals surface area contributed by atoms with Crippen molar-refractivity contribution in [2.24, 2.45) is 0 Å². The first-order valence-electron chi connectivity index (χ1n) is 48.7. The highest BCUT2D eigenvalue weighted by atomic mass is 32.1. The number of benzene rings is 22. The Morgan fingerprint density at radius 2 is 0.476 bits per heavy atom. The van der Waals surface area contributed by atoms with E-state index >= 15 is 0 Å². The van der Waals surface area contributed by atoms with Crippen LogP contribution < -0.4 is 0 Å². The van der Waals surface area contributed by atoms with Gasteiger partial charge in [0.05, 0.1) is 72.1 Å². The van der Waals surface area contributed by atoms with Crippen molar-refractivity contribution in [3.05, 3.63) is 431 Å². The Bertz CT molecular complexity index is 11300. The Hall–Kier alpha value is -17.8. The van der Waals surface area contributed by atoms with Gasteiger partial charge in [-0.1, -0.05) is 315 Å². The lowest BCUT2D eigenvalue weighted by atomic mass is 9.96. The second-order valence-electron chi connectivity index (χ2n) is 37.5. The molecule has 34 rings (SSSR count). The van der Waals surface area contributed by atoms with Crippen molar-refractivity contribution in [1.82, 2.24) is 43.6 Å². The van der Waals surface area contributed by atoms with Crippen LogP contribution in [0.5, 0.6) is 0 Å². The molecule has 0 aliphatic carbocycles. The Morgan fingerprint density at radius 1 is 0.172 bits per heavy atom. The fourth-order valence-electron chi connectivity index (χ4n) is 23.6. The number of fused-ring (bicyclic) bond motifs is 41. The molecule has 145 heavy (non-hydrogen) atoms. The zero-order valence-electron chi connectivity index (χ0n) is 77.0. The van der Waals surface area contributed by atoms with Crippen molar-refractivity contribution in [2.75, 3.05) is 0 Å². The van der Waals surface area contributed by atoms with E-state index in [0.29, 0.717) is 17.8 Å². The van der Waals surface area contributed by atoms with Gasteiger partial charge in [-0.2, -0.15) is 0 Å². The Morgan fingerprint density at radius 3 is 0.924 bits per heavy atom. The van der Waals surface area contributed by atoms with Crippen LogP contribution in [-0.4, -0.2) is 43.6 Å². The summed E-state index contributed by atoms with van der Waals surface area (Å²) in [5.41, 5.74) is 17.3. The summed E-state index contributed by atoms with van der Waals surface area (Å²) in [5.74, 6) is 2.01. The second-order valence-corrected chi connectivity index (χ2v) is 42.9. The number of furan rings is 1. The zero-order valence-corrected chi connectivity index (χ0v) is 81.0. The summed E-state index contributed by atoms with van der Waals surface area (Å²) in [7, 11) is 0. The number of rotatable bonds is 6. The summed E-state index contributed by atoms with van der Waals surface area (Å²) < 4.78 is 26.2. The number of para-hydroxylation sites is 6. The predicted molar refractivity (Wildman–Crippen MR) is 620 cm³/mol. The normalized spacial score (nSPS) is 12.3. The zero-order chi connectivity index (χ0) is 94.5. The molecule has 0 atom stereocenters. The first-order chi connectivity index (χ1) is 71.9. The maximum absolute atomic E-state index is 6.55. The SMILES string of the molecule is c1ccc2c(-c3cc4sc5ccccc5c4c4ccccc34)nc(-n3c4ccccc4c4c5oc6ccccc6c5ccc43)nc2c1.c1ccc2c(-c3cc4sc5ccccc5c4c4ccccc34)nc(-n3c4ccccc4c4c5sc6ccccc6c5ccc43)nc2c1.c1ccc2c(c1)ccc1c2c2c3sc4ccccc4c3ccc2n1-c1nc(-c2cc3sc4ccccc4c3c3ccccc23)c2ccccc2n1. The molecule has 0 unspecified atom stereocenters. The van der Waals surface area contributed by atoms with E-state index in [9.17, 15) is 0 Å². The molecule has 0 fully saturated rings. The fourth-order valence-corrected chi connectivity index (χ4v) is 29.6. The van der Waals surface area contributed by atoms with Gasteiger partial charge < -0.3 is 4.42 Å². The smallest absolute Gasteiger partial charge is 0.235 e. The number of hydrogen-bond donors (Lipinski definition) is 0. The van der Waals surface area contributed by atoms with Crippen LogP contribution in [0.15, 0.2) is 435 Å². The summed E-state index contributed by atoms with van der Waals surface area (Å²) in [5, 5.41) is 35.4. The van der Waals surface area contributed by atoms with E-state index in [-0.39, 0.29) is 0 Å². The molecule has 0 N–H and O–H groups in total. The van der Waals surface area contributed by atoms with Crippen LogP contribution in [0.4, 0.5) is 0 Å². The van der Waals surface area contributed by atoms with Crippen molar-refractivity contribution in [2.45, 2.75) is 0 Å². The van der Waals surface area contributed by atoms with Gasteiger partial charge in [0.2, 0.25) is 17.8 Å². The van der Waals surface area contributed by atoms with Crippen LogP contribution >= 0.6 is 56.7 Å². The molecule has 15 heteroatoms. The van der Waals surface area contributed by atoms with E-state index in [2.05, 4.69) is 432 Å². The van der Waals surface area contributed by atoms with Crippen molar-refractivity contribution in [1.29, 1.82) is 0 Å². The van der Waals surface area contributed by atoms with Gasteiger partial charge in [0, 0.05) is 171 Å². The van der Waals surface area contributed by atoms with E-state index in [1.807, 2.05) is 68.8 Å². The highest BCUT2D eigenvalue weighted by molar-refractivity contribution is 7.28. The van der Waals surface area contributed by atoms with Gasteiger partial charge in [0.15, 0.2) is 0 Å². The lowest BCUT2D eigenvalue weighted by molar-refractivity contribution is 0.673. The van der Waals surface area contributed by atoms with Crippen LogP contribution in [0.3, 0.4) is 0 Å². The molecule has 0 saturated carbocycles. The number of thiophene rings is 5. The van der Waals surface area contributed by atoms with E-state index < -0.39 is 0 Å². The molecule has 0 amide bonds. The summed E-state index contributed by atoms with van der Waals surface area (Å²) >= 11 is 9.29. The average Bonchev–Trinajstić information content (AvgIpc) is 1.57. The maximum atomic E-state index is 6.55. The lowest BCUT2D eigenvalue weighted by Gasteiger charge is -2.14. The van der Waals surface area contributed by atoms with Gasteiger partial charge in [-0.3, -0.25) is 13.7 Å². The minimum absolute atomic E-state index is 0.640. The highest BCUT2D eigenvalue weighted by Crippen LogP contribution is 2.53. The van der Waals surface area contributed by atoms with E-state index in [4.69, 9.17) is 34.3 Å². The quantitative estimate of drug-likeness (QED) is 0.163. The molecule has 0 saturated heterocycles. The topological polar surface area (TPSA) is 105 Å².